The number of para-hydroxylation sites is 1. The number of fused-ring (bicyclic) bond motifs is 1. The van der Waals surface area contributed by atoms with E-state index in [1.54, 1.807) is 0 Å². The summed E-state index contributed by atoms with van der Waals surface area (Å²) in [7, 11) is 0. The molecule has 1 amide bonds. The Morgan fingerprint density at radius 1 is 1.12 bits per heavy atom. The number of aromatic nitrogens is 1. The van der Waals surface area contributed by atoms with Crippen molar-refractivity contribution in [3.05, 3.63) is 71.9 Å². The summed E-state index contributed by atoms with van der Waals surface area (Å²) in [5.74, 6) is -0.0606. The number of hydrogen-bond acceptors (Lipinski definition) is 3. The van der Waals surface area contributed by atoms with Gasteiger partial charge in [-0.2, -0.15) is 0 Å². The SMILES string of the molecule is CC(=O)Nc1cccc(C(C)NCc2cccc3cccnc23)c1.Cl. The van der Waals surface area contributed by atoms with Crippen LogP contribution < -0.4 is 10.6 Å². The molecule has 0 fully saturated rings. The van der Waals surface area contributed by atoms with Gasteiger partial charge in [0.2, 0.25) is 5.91 Å². The van der Waals surface area contributed by atoms with Crippen molar-refractivity contribution in [2.24, 2.45) is 0 Å². The van der Waals surface area contributed by atoms with E-state index in [-0.39, 0.29) is 24.4 Å². The molecule has 1 aromatic heterocycles. The number of hydrogen-bond donors (Lipinski definition) is 2. The Hall–Kier alpha value is -2.43. The zero-order valence-corrected chi connectivity index (χ0v) is 15.1. The summed E-state index contributed by atoms with van der Waals surface area (Å²) < 4.78 is 0. The van der Waals surface area contributed by atoms with Crippen molar-refractivity contribution in [2.75, 3.05) is 5.32 Å². The largest absolute Gasteiger partial charge is 0.326 e. The summed E-state index contributed by atoms with van der Waals surface area (Å²) in [4.78, 5) is 15.7. The summed E-state index contributed by atoms with van der Waals surface area (Å²) in [6.07, 6.45) is 1.83. The second-order valence-electron chi connectivity index (χ2n) is 5.90. The molecule has 0 saturated heterocycles. The van der Waals surface area contributed by atoms with E-state index in [0.29, 0.717) is 0 Å². The van der Waals surface area contributed by atoms with Gasteiger partial charge in [0, 0.05) is 36.8 Å². The number of carbonyl (C=O) groups is 1. The Morgan fingerprint density at radius 3 is 2.68 bits per heavy atom. The fourth-order valence-electron chi connectivity index (χ4n) is 2.78. The van der Waals surface area contributed by atoms with Gasteiger partial charge >= 0.3 is 0 Å². The predicted molar refractivity (Wildman–Crippen MR) is 105 cm³/mol. The normalized spacial score (nSPS) is 11.6. The number of halogens is 1. The summed E-state index contributed by atoms with van der Waals surface area (Å²) in [5.41, 5.74) is 4.17. The number of benzene rings is 2. The van der Waals surface area contributed by atoms with Crippen molar-refractivity contribution < 1.29 is 4.79 Å². The number of nitrogens with zero attached hydrogens (tertiary/aromatic N) is 1. The molecule has 0 radical (unpaired) electrons. The predicted octanol–water partition coefficient (Wildman–Crippen LogP) is 4.47. The van der Waals surface area contributed by atoms with Crippen LogP contribution in [-0.2, 0) is 11.3 Å². The van der Waals surface area contributed by atoms with Gasteiger partial charge in [0.25, 0.3) is 0 Å². The maximum absolute atomic E-state index is 11.2. The molecular weight excluding hydrogens is 334 g/mol. The molecule has 130 valence electrons. The minimum atomic E-state index is -0.0606. The standard InChI is InChI=1S/C20H21N3O.ClH/c1-14(17-7-4-10-19(12-17)23-15(2)24)22-13-18-8-3-6-16-9-5-11-21-20(16)18;/h3-12,14,22H,13H2,1-2H3,(H,23,24);1H. The first-order valence-electron chi connectivity index (χ1n) is 8.07. The van der Waals surface area contributed by atoms with Crippen LogP contribution in [0.1, 0.15) is 31.0 Å². The van der Waals surface area contributed by atoms with Crippen molar-refractivity contribution in [1.29, 1.82) is 0 Å². The van der Waals surface area contributed by atoms with Crippen LogP contribution in [0.4, 0.5) is 5.69 Å². The molecule has 0 saturated carbocycles. The minimum absolute atomic E-state index is 0. The van der Waals surface area contributed by atoms with Gasteiger partial charge < -0.3 is 10.6 Å². The minimum Gasteiger partial charge on any atom is -0.326 e. The lowest BCUT2D eigenvalue weighted by atomic mass is 10.1. The number of rotatable bonds is 5. The van der Waals surface area contributed by atoms with Crippen molar-refractivity contribution in [2.45, 2.75) is 26.4 Å². The van der Waals surface area contributed by atoms with E-state index in [1.807, 2.05) is 30.5 Å². The van der Waals surface area contributed by atoms with E-state index in [1.165, 1.54) is 12.5 Å². The molecule has 0 spiro atoms. The lowest BCUT2D eigenvalue weighted by Crippen LogP contribution is -2.18. The van der Waals surface area contributed by atoms with Crippen LogP contribution in [0.25, 0.3) is 10.9 Å². The monoisotopic (exact) mass is 355 g/mol. The summed E-state index contributed by atoms with van der Waals surface area (Å²) in [6.45, 7) is 4.37. The second kappa shape index (κ2) is 8.60. The number of pyridine rings is 1. The van der Waals surface area contributed by atoms with Crippen LogP contribution in [-0.4, -0.2) is 10.9 Å². The molecule has 3 rings (SSSR count). The van der Waals surface area contributed by atoms with E-state index in [0.717, 1.165) is 28.7 Å². The van der Waals surface area contributed by atoms with Crippen molar-refractivity contribution >= 4 is 34.9 Å². The Balaban J connectivity index is 0.00000225. The van der Waals surface area contributed by atoms with Crippen LogP contribution in [0.2, 0.25) is 0 Å². The third-order valence-electron chi connectivity index (χ3n) is 4.02. The third kappa shape index (κ3) is 4.78. The van der Waals surface area contributed by atoms with Gasteiger partial charge in [-0.1, -0.05) is 36.4 Å². The highest BCUT2D eigenvalue weighted by atomic mass is 35.5. The van der Waals surface area contributed by atoms with Gasteiger partial charge in [-0.15, -0.1) is 12.4 Å². The van der Waals surface area contributed by atoms with E-state index < -0.39 is 0 Å². The van der Waals surface area contributed by atoms with Crippen LogP contribution in [0, 0.1) is 0 Å². The topological polar surface area (TPSA) is 54.0 Å². The van der Waals surface area contributed by atoms with Gasteiger partial charge in [-0.05, 0) is 36.2 Å². The van der Waals surface area contributed by atoms with Crippen LogP contribution >= 0.6 is 12.4 Å². The number of amides is 1. The van der Waals surface area contributed by atoms with E-state index in [2.05, 4.69) is 52.9 Å². The number of carbonyl (C=O) groups excluding carboxylic acids is 1. The lowest BCUT2D eigenvalue weighted by molar-refractivity contribution is -0.114. The average Bonchev–Trinajstić information content (AvgIpc) is 2.59. The molecule has 1 atom stereocenters. The molecule has 4 nitrogen and oxygen atoms in total. The van der Waals surface area contributed by atoms with Gasteiger partial charge in [0.15, 0.2) is 0 Å². The van der Waals surface area contributed by atoms with Gasteiger partial charge in [0.1, 0.15) is 0 Å². The molecule has 25 heavy (non-hydrogen) atoms. The molecule has 0 bridgehead atoms. The Kier molecular flexibility index (Phi) is 6.51. The van der Waals surface area contributed by atoms with Crippen molar-refractivity contribution in [1.82, 2.24) is 10.3 Å². The molecule has 0 aliphatic carbocycles. The van der Waals surface area contributed by atoms with Crippen LogP contribution in [0.5, 0.6) is 0 Å². The Labute approximate surface area is 154 Å². The molecule has 2 N–H and O–H groups in total. The first kappa shape index (κ1) is 18.9. The highest BCUT2D eigenvalue weighted by molar-refractivity contribution is 5.88. The van der Waals surface area contributed by atoms with E-state index in [4.69, 9.17) is 0 Å². The highest BCUT2D eigenvalue weighted by Gasteiger charge is 2.08. The molecule has 5 heteroatoms. The van der Waals surface area contributed by atoms with Gasteiger partial charge in [-0.3, -0.25) is 9.78 Å². The smallest absolute Gasteiger partial charge is 0.221 e. The van der Waals surface area contributed by atoms with Crippen LogP contribution in [0.3, 0.4) is 0 Å². The quantitative estimate of drug-likeness (QED) is 0.710. The zero-order valence-electron chi connectivity index (χ0n) is 14.3. The first-order valence-corrected chi connectivity index (χ1v) is 8.07. The first-order chi connectivity index (χ1) is 11.6. The van der Waals surface area contributed by atoms with Gasteiger partial charge in [-0.25, -0.2) is 0 Å². The van der Waals surface area contributed by atoms with Crippen LogP contribution in [0.15, 0.2) is 60.8 Å². The molecule has 1 unspecified atom stereocenters. The highest BCUT2D eigenvalue weighted by Crippen LogP contribution is 2.20. The molecular formula is C20H22ClN3O. The van der Waals surface area contributed by atoms with E-state index >= 15 is 0 Å². The Morgan fingerprint density at radius 2 is 1.88 bits per heavy atom. The maximum atomic E-state index is 11.2. The Bertz CT molecular complexity index is 861. The fraction of sp³-hybridized carbons (Fsp3) is 0.200. The molecule has 0 aliphatic rings. The van der Waals surface area contributed by atoms with Gasteiger partial charge in [0.05, 0.1) is 5.52 Å². The van der Waals surface area contributed by atoms with Crippen molar-refractivity contribution in [3.8, 4) is 0 Å². The summed E-state index contributed by atoms with van der Waals surface area (Å²) in [5, 5.41) is 7.51. The maximum Gasteiger partial charge on any atom is 0.221 e. The summed E-state index contributed by atoms with van der Waals surface area (Å²) >= 11 is 0. The zero-order chi connectivity index (χ0) is 16.9. The third-order valence-corrected chi connectivity index (χ3v) is 4.02. The number of anilines is 1. The van der Waals surface area contributed by atoms with E-state index in [9.17, 15) is 4.79 Å². The average molecular weight is 356 g/mol. The second-order valence-corrected chi connectivity index (χ2v) is 5.90. The molecule has 2 aromatic carbocycles. The number of nitrogens with one attached hydrogen (secondary N) is 2. The van der Waals surface area contributed by atoms with Crippen molar-refractivity contribution in [3.63, 3.8) is 0 Å². The molecule has 0 aliphatic heterocycles. The fourth-order valence-corrected chi connectivity index (χ4v) is 2.78. The lowest BCUT2D eigenvalue weighted by Gasteiger charge is -2.16. The molecule has 1 heterocycles. The summed E-state index contributed by atoms with van der Waals surface area (Å²) in [6, 6.07) is 18.3. The molecule has 3 aromatic rings.